The van der Waals surface area contributed by atoms with Crippen LogP contribution in [0.3, 0.4) is 0 Å². The van der Waals surface area contributed by atoms with Gasteiger partial charge in [0, 0.05) is 6.54 Å². The van der Waals surface area contributed by atoms with E-state index in [0.717, 1.165) is 6.54 Å². The lowest BCUT2D eigenvalue weighted by molar-refractivity contribution is 0.628. The Morgan fingerprint density at radius 1 is 1.29 bits per heavy atom. The molecular formula is C11H15F2N. The second kappa shape index (κ2) is 9.86. The van der Waals surface area contributed by atoms with E-state index in [-0.39, 0.29) is 5.82 Å². The molecular weight excluding hydrogens is 184 g/mol. The summed E-state index contributed by atoms with van der Waals surface area (Å²) in [5.41, 5.74) is 0. The Morgan fingerprint density at radius 2 is 1.93 bits per heavy atom. The van der Waals surface area contributed by atoms with E-state index in [9.17, 15) is 8.78 Å². The molecule has 0 aromatic heterocycles. The highest BCUT2D eigenvalue weighted by molar-refractivity contribution is 5.02. The van der Waals surface area contributed by atoms with Gasteiger partial charge < -0.3 is 5.32 Å². The van der Waals surface area contributed by atoms with Gasteiger partial charge in [-0.3, -0.25) is 0 Å². The Balaban J connectivity index is 0.000000241. The molecule has 0 radical (unpaired) electrons. The normalized spacial score (nSPS) is 9.64. The topological polar surface area (TPSA) is 12.0 Å². The number of likely N-dealkylation sites (N-methyl/N-ethyl adjacent to an activating group) is 1. The SMILES string of the molecule is CCNCC=CF.Fc1ccccc1. The van der Waals surface area contributed by atoms with Crippen LogP contribution in [0.15, 0.2) is 42.7 Å². The quantitative estimate of drug-likeness (QED) is 0.738. The summed E-state index contributed by atoms with van der Waals surface area (Å²) in [4.78, 5) is 0. The first-order valence-corrected chi connectivity index (χ1v) is 4.47. The Kier molecular flexibility index (Phi) is 9.01. The highest BCUT2D eigenvalue weighted by Gasteiger charge is 1.77. The second-order valence-corrected chi connectivity index (χ2v) is 2.46. The molecule has 1 nitrogen and oxygen atoms in total. The van der Waals surface area contributed by atoms with Gasteiger partial charge in [-0.25, -0.2) is 8.78 Å². The minimum Gasteiger partial charge on any atom is -0.313 e. The van der Waals surface area contributed by atoms with E-state index in [0.29, 0.717) is 12.9 Å². The third-order valence-electron chi connectivity index (χ3n) is 1.33. The highest BCUT2D eigenvalue weighted by atomic mass is 19.1. The summed E-state index contributed by atoms with van der Waals surface area (Å²) in [5.74, 6) is -0.178. The predicted octanol–water partition coefficient (Wildman–Crippen LogP) is 2.90. The summed E-state index contributed by atoms with van der Waals surface area (Å²) in [6.45, 7) is 3.50. The van der Waals surface area contributed by atoms with Crippen molar-refractivity contribution >= 4 is 0 Å². The van der Waals surface area contributed by atoms with E-state index in [1.54, 1.807) is 18.2 Å². The van der Waals surface area contributed by atoms with E-state index in [4.69, 9.17) is 0 Å². The maximum atomic E-state index is 11.9. The largest absolute Gasteiger partial charge is 0.313 e. The van der Waals surface area contributed by atoms with Crippen LogP contribution in [0.2, 0.25) is 0 Å². The predicted molar refractivity (Wildman–Crippen MR) is 55.2 cm³/mol. The molecule has 0 unspecified atom stereocenters. The number of nitrogens with one attached hydrogen (secondary N) is 1. The number of hydrogen-bond acceptors (Lipinski definition) is 1. The zero-order valence-electron chi connectivity index (χ0n) is 8.21. The molecule has 3 heteroatoms. The second-order valence-electron chi connectivity index (χ2n) is 2.46. The van der Waals surface area contributed by atoms with Crippen LogP contribution in [0, 0.1) is 5.82 Å². The van der Waals surface area contributed by atoms with Gasteiger partial charge in [0.05, 0.1) is 6.33 Å². The van der Waals surface area contributed by atoms with Crippen LogP contribution in [0.25, 0.3) is 0 Å². The minimum absolute atomic E-state index is 0.178. The molecule has 1 aromatic carbocycles. The zero-order valence-corrected chi connectivity index (χ0v) is 8.21. The minimum atomic E-state index is -0.178. The molecule has 0 spiro atoms. The molecule has 0 amide bonds. The Hall–Kier alpha value is -1.22. The van der Waals surface area contributed by atoms with Gasteiger partial charge in [-0.05, 0) is 24.8 Å². The number of rotatable bonds is 3. The van der Waals surface area contributed by atoms with Crippen molar-refractivity contribution in [1.82, 2.24) is 5.32 Å². The molecule has 0 saturated carbocycles. The van der Waals surface area contributed by atoms with Crippen molar-refractivity contribution in [2.75, 3.05) is 13.1 Å². The summed E-state index contributed by atoms with van der Waals surface area (Å²) < 4.78 is 23.0. The summed E-state index contributed by atoms with van der Waals surface area (Å²) in [6, 6.07) is 7.94. The summed E-state index contributed by atoms with van der Waals surface area (Å²) in [5, 5.41) is 2.92. The first kappa shape index (κ1) is 12.8. The van der Waals surface area contributed by atoms with Gasteiger partial charge in [0.2, 0.25) is 0 Å². The van der Waals surface area contributed by atoms with Crippen LogP contribution >= 0.6 is 0 Å². The fraction of sp³-hybridized carbons (Fsp3) is 0.273. The Morgan fingerprint density at radius 3 is 2.29 bits per heavy atom. The molecule has 1 N–H and O–H groups in total. The van der Waals surface area contributed by atoms with Crippen molar-refractivity contribution in [3.8, 4) is 0 Å². The summed E-state index contributed by atoms with van der Waals surface area (Å²) in [6.07, 6.45) is 1.98. The number of hydrogen-bond donors (Lipinski definition) is 1. The molecule has 0 saturated heterocycles. The fourth-order valence-electron chi connectivity index (χ4n) is 0.687. The molecule has 78 valence electrons. The lowest BCUT2D eigenvalue weighted by Gasteiger charge is -1.88. The molecule has 0 aliphatic carbocycles. The van der Waals surface area contributed by atoms with Crippen LogP contribution in [0.4, 0.5) is 8.78 Å². The molecule has 0 heterocycles. The van der Waals surface area contributed by atoms with Crippen LogP contribution in [-0.4, -0.2) is 13.1 Å². The Labute approximate surface area is 83.5 Å². The third-order valence-corrected chi connectivity index (χ3v) is 1.33. The van der Waals surface area contributed by atoms with E-state index in [1.807, 2.05) is 6.92 Å². The average Bonchev–Trinajstić information content (AvgIpc) is 2.21. The molecule has 14 heavy (non-hydrogen) atoms. The van der Waals surface area contributed by atoms with Crippen LogP contribution in [0.5, 0.6) is 0 Å². The fourth-order valence-corrected chi connectivity index (χ4v) is 0.687. The number of benzene rings is 1. The van der Waals surface area contributed by atoms with E-state index >= 15 is 0 Å². The van der Waals surface area contributed by atoms with E-state index in [1.165, 1.54) is 18.2 Å². The van der Waals surface area contributed by atoms with Crippen LogP contribution in [-0.2, 0) is 0 Å². The van der Waals surface area contributed by atoms with Gasteiger partial charge in [0.1, 0.15) is 5.82 Å². The molecule has 0 aliphatic heterocycles. The van der Waals surface area contributed by atoms with Crippen molar-refractivity contribution < 1.29 is 8.78 Å². The van der Waals surface area contributed by atoms with Gasteiger partial charge in [-0.15, -0.1) is 0 Å². The zero-order chi connectivity index (χ0) is 10.6. The smallest absolute Gasteiger partial charge is 0.123 e. The van der Waals surface area contributed by atoms with E-state index < -0.39 is 0 Å². The van der Waals surface area contributed by atoms with Crippen molar-refractivity contribution in [1.29, 1.82) is 0 Å². The van der Waals surface area contributed by atoms with Crippen molar-refractivity contribution in [2.24, 2.45) is 0 Å². The standard InChI is InChI=1S/C6H5F.C5H10FN/c7-6-4-2-1-3-5-6;1-2-7-5-3-4-6/h1-5H;3-4,7H,2,5H2,1H3. The third kappa shape index (κ3) is 8.87. The lowest BCUT2D eigenvalue weighted by Crippen LogP contribution is -2.11. The van der Waals surface area contributed by atoms with Gasteiger partial charge in [0.15, 0.2) is 0 Å². The molecule has 0 aliphatic rings. The molecule has 0 fully saturated rings. The van der Waals surface area contributed by atoms with Crippen molar-refractivity contribution in [2.45, 2.75) is 6.92 Å². The van der Waals surface area contributed by atoms with Gasteiger partial charge in [-0.2, -0.15) is 0 Å². The molecule has 0 atom stereocenters. The molecule has 0 bridgehead atoms. The Bertz CT molecular complexity index is 234. The first-order chi connectivity index (χ1) is 6.81. The van der Waals surface area contributed by atoms with E-state index in [2.05, 4.69) is 5.32 Å². The summed E-state index contributed by atoms with van der Waals surface area (Å²) in [7, 11) is 0. The molecule has 1 rings (SSSR count). The van der Waals surface area contributed by atoms with Crippen molar-refractivity contribution in [3.05, 3.63) is 48.6 Å². The highest BCUT2D eigenvalue weighted by Crippen LogP contribution is 1.91. The molecule has 1 aromatic rings. The monoisotopic (exact) mass is 199 g/mol. The number of halogens is 2. The summed E-state index contributed by atoms with van der Waals surface area (Å²) >= 11 is 0. The van der Waals surface area contributed by atoms with Gasteiger partial charge in [-0.1, -0.05) is 25.1 Å². The first-order valence-electron chi connectivity index (χ1n) is 4.47. The van der Waals surface area contributed by atoms with Gasteiger partial charge in [0.25, 0.3) is 0 Å². The van der Waals surface area contributed by atoms with Gasteiger partial charge >= 0.3 is 0 Å². The maximum absolute atomic E-state index is 11.9. The van der Waals surface area contributed by atoms with Crippen molar-refractivity contribution in [3.63, 3.8) is 0 Å². The van der Waals surface area contributed by atoms with Crippen LogP contribution in [0.1, 0.15) is 6.92 Å². The maximum Gasteiger partial charge on any atom is 0.123 e. The lowest BCUT2D eigenvalue weighted by atomic mass is 10.4. The van der Waals surface area contributed by atoms with Crippen LogP contribution < -0.4 is 5.32 Å². The average molecular weight is 199 g/mol.